The van der Waals surface area contributed by atoms with Gasteiger partial charge in [0, 0.05) is 56.0 Å². The van der Waals surface area contributed by atoms with Gasteiger partial charge >= 0.3 is 0 Å². The van der Waals surface area contributed by atoms with Crippen LogP contribution in [0.3, 0.4) is 0 Å². The first-order valence-corrected chi connectivity index (χ1v) is 13.9. The van der Waals surface area contributed by atoms with E-state index >= 15 is 0 Å². The molecule has 0 aliphatic heterocycles. The third-order valence-electron chi connectivity index (χ3n) is 7.20. The number of fused-ring (bicyclic) bond motifs is 1. The van der Waals surface area contributed by atoms with E-state index in [1.54, 1.807) is 26.2 Å². The number of para-hydroxylation sites is 2. The number of nitrogens with one attached hydrogen (secondary N) is 1. The maximum absolute atomic E-state index is 13.9. The van der Waals surface area contributed by atoms with Gasteiger partial charge in [0.05, 0.1) is 27.2 Å². The van der Waals surface area contributed by atoms with Gasteiger partial charge in [0.25, 0.3) is 0 Å². The minimum atomic E-state index is -0.115. The molecule has 1 N–H and O–H groups in total. The van der Waals surface area contributed by atoms with Gasteiger partial charge in [0.1, 0.15) is 11.5 Å². The van der Waals surface area contributed by atoms with Crippen molar-refractivity contribution in [3.05, 3.63) is 95.7 Å². The van der Waals surface area contributed by atoms with E-state index in [-0.39, 0.29) is 24.8 Å². The molecular formula is C33H39N3O5. The number of benzene rings is 3. The van der Waals surface area contributed by atoms with E-state index in [1.807, 2.05) is 77.8 Å². The molecule has 1 aromatic heterocycles. The normalized spacial score (nSPS) is 10.9. The van der Waals surface area contributed by atoms with E-state index < -0.39 is 0 Å². The molecule has 4 rings (SSSR count). The van der Waals surface area contributed by atoms with Crippen LogP contribution in [0.25, 0.3) is 10.9 Å². The molecular weight excluding hydrogens is 518 g/mol. The molecule has 0 saturated heterocycles. The van der Waals surface area contributed by atoms with E-state index in [1.165, 1.54) is 0 Å². The SMILES string of the molecule is COCCCN(CC(=O)N(CCc1c[nH]c2ccccc12)Cc1ccccc1OC)C(=O)Cc1ccc(OC)cc1. The fourth-order valence-electron chi connectivity index (χ4n) is 4.91. The molecule has 2 amide bonds. The number of rotatable bonds is 15. The van der Waals surface area contributed by atoms with Gasteiger partial charge < -0.3 is 29.0 Å². The monoisotopic (exact) mass is 557 g/mol. The summed E-state index contributed by atoms with van der Waals surface area (Å²) in [5.74, 6) is 1.24. The van der Waals surface area contributed by atoms with Crippen LogP contribution in [0, 0.1) is 0 Å². The highest BCUT2D eigenvalue weighted by Crippen LogP contribution is 2.22. The summed E-state index contributed by atoms with van der Waals surface area (Å²) in [4.78, 5) is 34.1. The molecule has 216 valence electrons. The Kier molecular flexibility index (Phi) is 10.8. The molecule has 3 aromatic carbocycles. The minimum absolute atomic E-state index is 0.0122. The fraction of sp³-hybridized carbons (Fsp3) is 0.333. The van der Waals surface area contributed by atoms with Crippen LogP contribution in [0.2, 0.25) is 0 Å². The number of carbonyl (C=O) groups is 2. The minimum Gasteiger partial charge on any atom is -0.497 e. The molecule has 8 heteroatoms. The zero-order valence-corrected chi connectivity index (χ0v) is 24.1. The van der Waals surface area contributed by atoms with Gasteiger partial charge in [-0.2, -0.15) is 0 Å². The predicted molar refractivity (Wildman–Crippen MR) is 160 cm³/mol. The van der Waals surface area contributed by atoms with Gasteiger partial charge in [0.15, 0.2) is 0 Å². The molecule has 0 saturated carbocycles. The number of methoxy groups -OCH3 is 3. The lowest BCUT2D eigenvalue weighted by atomic mass is 10.1. The topological polar surface area (TPSA) is 84.1 Å². The standard InChI is InChI=1S/C33H39N3O5/c1-39-20-8-18-35(32(37)21-25-13-15-28(40-2)16-14-25)24-33(38)36(23-27-9-4-7-12-31(27)41-3)19-17-26-22-34-30-11-6-5-10-29(26)30/h4-7,9-16,22,34H,8,17-21,23-24H2,1-3H3. The molecule has 4 aromatic rings. The van der Waals surface area contributed by atoms with Gasteiger partial charge in [-0.05, 0) is 48.2 Å². The van der Waals surface area contributed by atoms with Gasteiger partial charge in [0.2, 0.25) is 11.8 Å². The second-order valence-electron chi connectivity index (χ2n) is 9.92. The summed E-state index contributed by atoms with van der Waals surface area (Å²) in [5, 5.41) is 1.15. The third kappa shape index (κ3) is 8.11. The number of amides is 2. The molecule has 8 nitrogen and oxygen atoms in total. The molecule has 41 heavy (non-hydrogen) atoms. The Balaban J connectivity index is 1.53. The first-order valence-electron chi connectivity index (χ1n) is 13.9. The summed E-state index contributed by atoms with van der Waals surface area (Å²) in [6.07, 6.45) is 3.52. The molecule has 0 atom stereocenters. The van der Waals surface area contributed by atoms with Crippen molar-refractivity contribution in [2.45, 2.75) is 25.8 Å². The molecule has 0 bridgehead atoms. The van der Waals surface area contributed by atoms with Gasteiger partial charge in [-0.3, -0.25) is 9.59 Å². The first kappa shape index (κ1) is 29.7. The summed E-state index contributed by atoms with van der Waals surface area (Å²) in [6.45, 7) is 1.80. The Morgan fingerprint density at radius 3 is 2.29 bits per heavy atom. The summed E-state index contributed by atoms with van der Waals surface area (Å²) < 4.78 is 16.0. The smallest absolute Gasteiger partial charge is 0.242 e. The largest absolute Gasteiger partial charge is 0.497 e. The second-order valence-corrected chi connectivity index (χ2v) is 9.92. The quantitative estimate of drug-likeness (QED) is 0.211. The Labute approximate surface area is 241 Å². The van der Waals surface area contributed by atoms with Crippen LogP contribution in [0.4, 0.5) is 0 Å². The molecule has 0 fully saturated rings. The van der Waals surface area contributed by atoms with Gasteiger partial charge in [-0.1, -0.05) is 48.5 Å². The van der Waals surface area contributed by atoms with Crippen molar-refractivity contribution in [3.63, 3.8) is 0 Å². The van der Waals surface area contributed by atoms with E-state index in [4.69, 9.17) is 14.2 Å². The molecule has 0 aliphatic rings. The maximum Gasteiger partial charge on any atom is 0.242 e. The van der Waals surface area contributed by atoms with Crippen LogP contribution in [0.5, 0.6) is 11.5 Å². The van der Waals surface area contributed by atoms with Crippen LogP contribution in [-0.4, -0.2) is 74.2 Å². The van der Waals surface area contributed by atoms with E-state index in [0.717, 1.165) is 39.1 Å². The number of nitrogens with zero attached hydrogens (tertiary/aromatic N) is 2. The number of ether oxygens (including phenoxy) is 3. The predicted octanol–water partition coefficient (Wildman–Crippen LogP) is 4.86. The zero-order chi connectivity index (χ0) is 29.0. The fourth-order valence-corrected chi connectivity index (χ4v) is 4.91. The van der Waals surface area contributed by atoms with Crippen molar-refractivity contribution in [2.24, 2.45) is 0 Å². The molecule has 1 heterocycles. The highest BCUT2D eigenvalue weighted by Gasteiger charge is 2.23. The molecule has 0 spiro atoms. The summed E-state index contributed by atoms with van der Waals surface area (Å²) in [6, 6.07) is 23.3. The number of aromatic nitrogens is 1. The van der Waals surface area contributed by atoms with Crippen molar-refractivity contribution in [2.75, 3.05) is 47.6 Å². The van der Waals surface area contributed by atoms with Crippen molar-refractivity contribution in [1.82, 2.24) is 14.8 Å². The van der Waals surface area contributed by atoms with E-state index in [9.17, 15) is 9.59 Å². The maximum atomic E-state index is 13.9. The molecule has 0 radical (unpaired) electrons. The number of hydrogen-bond donors (Lipinski definition) is 1. The zero-order valence-electron chi connectivity index (χ0n) is 24.1. The van der Waals surface area contributed by atoms with Crippen LogP contribution in [-0.2, 0) is 33.7 Å². The van der Waals surface area contributed by atoms with Crippen LogP contribution >= 0.6 is 0 Å². The Hall–Kier alpha value is -4.30. The Bertz CT molecular complexity index is 1420. The number of H-pyrrole nitrogens is 1. The van der Waals surface area contributed by atoms with Gasteiger partial charge in [-0.15, -0.1) is 0 Å². The highest BCUT2D eigenvalue weighted by atomic mass is 16.5. The molecule has 0 unspecified atom stereocenters. The van der Waals surface area contributed by atoms with Crippen molar-refractivity contribution in [3.8, 4) is 11.5 Å². The van der Waals surface area contributed by atoms with Crippen LogP contribution < -0.4 is 9.47 Å². The number of carbonyl (C=O) groups excluding carboxylic acids is 2. The lowest BCUT2D eigenvalue weighted by Crippen LogP contribution is -2.44. The summed E-state index contributed by atoms with van der Waals surface area (Å²) >= 11 is 0. The number of hydrogen-bond acceptors (Lipinski definition) is 5. The molecule has 0 aliphatic carbocycles. The highest BCUT2D eigenvalue weighted by molar-refractivity contribution is 5.86. The second kappa shape index (κ2) is 14.9. The lowest BCUT2D eigenvalue weighted by Gasteiger charge is -2.28. The van der Waals surface area contributed by atoms with Crippen molar-refractivity contribution >= 4 is 22.7 Å². The van der Waals surface area contributed by atoms with E-state index in [0.29, 0.717) is 39.1 Å². The third-order valence-corrected chi connectivity index (χ3v) is 7.20. The Morgan fingerprint density at radius 1 is 0.780 bits per heavy atom. The first-order chi connectivity index (χ1) is 20.0. The summed E-state index contributed by atoms with van der Waals surface area (Å²) in [7, 11) is 4.87. The average Bonchev–Trinajstić information content (AvgIpc) is 3.42. The van der Waals surface area contributed by atoms with Crippen molar-refractivity contribution < 1.29 is 23.8 Å². The average molecular weight is 558 g/mol. The number of aromatic amines is 1. The van der Waals surface area contributed by atoms with Gasteiger partial charge in [-0.25, -0.2) is 0 Å². The van der Waals surface area contributed by atoms with Crippen LogP contribution in [0.15, 0.2) is 79.0 Å². The Morgan fingerprint density at radius 2 is 1.54 bits per heavy atom. The van der Waals surface area contributed by atoms with Crippen molar-refractivity contribution in [1.29, 1.82) is 0 Å². The van der Waals surface area contributed by atoms with E-state index in [2.05, 4.69) is 11.1 Å². The van der Waals surface area contributed by atoms with Crippen LogP contribution in [0.1, 0.15) is 23.1 Å². The lowest BCUT2D eigenvalue weighted by molar-refractivity contribution is -0.140. The summed E-state index contributed by atoms with van der Waals surface area (Å²) in [5.41, 5.74) is 3.99.